The minimum atomic E-state index is -3.95. The van der Waals surface area contributed by atoms with Crippen LogP contribution in [0.5, 0.6) is 0 Å². The van der Waals surface area contributed by atoms with Crippen LogP contribution in [0.25, 0.3) is 0 Å². The van der Waals surface area contributed by atoms with Gasteiger partial charge in [-0.15, -0.1) is 5.10 Å². The van der Waals surface area contributed by atoms with Crippen molar-refractivity contribution < 1.29 is 13.2 Å². The fourth-order valence-corrected chi connectivity index (χ4v) is 4.26. The quantitative estimate of drug-likeness (QED) is 0.663. The molecule has 3 rings (SSSR count). The summed E-state index contributed by atoms with van der Waals surface area (Å²) in [5.41, 5.74) is 10.3. The number of aryl methyl sites for hydroxylation is 4. The molecule has 0 aliphatic carbocycles. The molecule has 8 nitrogen and oxygen atoms in total. The second-order valence-electron chi connectivity index (χ2n) is 7.00. The van der Waals surface area contributed by atoms with E-state index < -0.39 is 9.84 Å². The molecule has 0 atom stereocenters. The van der Waals surface area contributed by atoms with Gasteiger partial charge in [-0.1, -0.05) is 29.5 Å². The first-order chi connectivity index (χ1) is 13.6. The van der Waals surface area contributed by atoms with E-state index in [-0.39, 0.29) is 28.2 Å². The average Bonchev–Trinajstić information content (AvgIpc) is 3.01. The highest BCUT2D eigenvalue weighted by Gasteiger charge is 2.27. The van der Waals surface area contributed by atoms with Crippen molar-refractivity contribution in [2.75, 3.05) is 11.1 Å². The van der Waals surface area contributed by atoms with Gasteiger partial charge in [0.25, 0.3) is 0 Å². The van der Waals surface area contributed by atoms with E-state index in [1.54, 1.807) is 12.1 Å². The Bertz CT molecular complexity index is 1180. The lowest BCUT2D eigenvalue weighted by Crippen LogP contribution is -2.21. The second-order valence-corrected chi connectivity index (χ2v) is 8.87. The summed E-state index contributed by atoms with van der Waals surface area (Å²) in [6.07, 6.45) is 0. The third-order valence-corrected chi connectivity index (χ3v) is 6.50. The van der Waals surface area contributed by atoms with Crippen LogP contribution in [0.2, 0.25) is 0 Å². The number of hydrogen-bond acceptors (Lipinski definition) is 6. The molecule has 2 aromatic carbocycles. The van der Waals surface area contributed by atoms with E-state index in [1.165, 1.54) is 6.07 Å². The summed E-state index contributed by atoms with van der Waals surface area (Å²) >= 11 is 0. The molecule has 0 fully saturated rings. The first-order valence-corrected chi connectivity index (χ1v) is 10.5. The molecular formula is C20H23N5O3S. The molecule has 0 saturated heterocycles. The third kappa shape index (κ3) is 4.00. The number of carbonyl (C=O) groups is 1. The van der Waals surface area contributed by atoms with E-state index in [9.17, 15) is 13.2 Å². The molecule has 0 unspecified atom stereocenters. The van der Waals surface area contributed by atoms with E-state index in [2.05, 4.69) is 15.6 Å². The fourth-order valence-electron chi connectivity index (χ4n) is 2.93. The predicted molar refractivity (Wildman–Crippen MR) is 110 cm³/mol. The van der Waals surface area contributed by atoms with Crippen LogP contribution >= 0.6 is 0 Å². The van der Waals surface area contributed by atoms with Gasteiger partial charge in [0.2, 0.25) is 20.8 Å². The van der Waals surface area contributed by atoms with Gasteiger partial charge in [-0.25, -0.2) is 13.1 Å². The van der Waals surface area contributed by atoms with Crippen molar-refractivity contribution in [3.8, 4) is 0 Å². The number of amides is 1. The Morgan fingerprint density at radius 3 is 2.31 bits per heavy atom. The molecule has 3 aromatic rings. The van der Waals surface area contributed by atoms with Crippen LogP contribution in [-0.4, -0.2) is 29.3 Å². The monoisotopic (exact) mass is 413 g/mol. The molecule has 1 heterocycles. The topological polar surface area (TPSA) is 120 Å². The molecule has 1 aromatic heterocycles. The second kappa shape index (κ2) is 7.67. The zero-order valence-corrected chi connectivity index (χ0v) is 17.5. The molecule has 1 amide bonds. The molecule has 3 N–H and O–H groups in total. The van der Waals surface area contributed by atoms with Gasteiger partial charge in [-0.3, -0.25) is 4.79 Å². The number of benzene rings is 2. The summed E-state index contributed by atoms with van der Waals surface area (Å²) < 4.78 is 26.9. The fraction of sp³-hybridized carbons (Fsp3) is 0.250. The summed E-state index contributed by atoms with van der Waals surface area (Å²) in [4.78, 5) is 12.5. The van der Waals surface area contributed by atoms with E-state index >= 15 is 0 Å². The van der Waals surface area contributed by atoms with Gasteiger partial charge in [-0.2, -0.15) is 0 Å². The third-order valence-electron chi connectivity index (χ3n) is 4.82. The summed E-state index contributed by atoms with van der Waals surface area (Å²) in [7, 11) is -3.95. The SMILES string of the molecule is Cc1ccc(S(=O)(=O)c2nnn(CC(=O)Nc3c(C)cccc3C)c2N)cc1C. The van der Waals surface area contributed by atoms with Crippen LogP contribution in [0.15, 0.2) is 46.3 Å². The average molecular weight is 414 g/mol. The highest BCUT2D eigenvalue weighted by Crippen LogP contribution is 2.25. The van der Waals surface area contributed by atoms with E-state index in [1.807, 2.05) is 45.9 Å². The molecular weight excluding hydrogens is 390 g/mol. The smallest absolute Gasteiger partial charge is 0.246 e. The van der Waals surface area contributed by atoms with Crippen molar-refractivity contribution in [2.24, 2.45) is 0 Å². The van der Waals surface area contributed by atoms with Gasteiger partial charge in [-0.05, 0) is 62.1 Å². The molecule has 29 heavy (non-hydrogen) atoms. The van der Waals surface area contributed by atoms with Gasteiger partial charge in [0.05, 0.1) is 4.90 Å². The summed E-state index contributed by atoms with van der Waals surface area (Å²) in [6.45, 7) is 7.24. The van der Waals surface area contributed by atoms with E-state index in [4.69, 9.17) is 5.73 Å². The van der Waals surface area contributed by atoms with Crippen LogP contribution in [0.1, 0.15) is 22.3 Å². The van der Waals surface area contributed by atoms with Crippen molar-refractivity contribution in [3.05, 3.63) is 58.7 Å². The summed E-state index contributed by atoms with van der Waals surface area (Å²) in [6, 6.07) is 10.5. The Morgan fingerprint density at radius 2 is 1.69 bits per heavy atom. The summed E-state index contributed by atoms with van der Waals surface area (Å²) in [5, 5.41) is 9.96. The predicted octanol–water partition coefficient (Wildman–Crippen LogP) is 2.57. The van der Waals surface area contributed by atoms with Gasteiger partial charge in [0, 0.05) is 5.69 Å². The largest absolute Gasteiger partial charge is 0.381 e. The standard InChI is InChI=1S/C20H23N5O3S/c1-12-8-9-16(10-15(12)4)29(27,28)20-19(21)25(24-23-20)11-17(26)22-18-13(2)6-5-7-14(18)3/h5-10H,11,21H2,1-4H3,(H,22,26). The number of aromatic nitrogens is 3. The highest BCUT2D eigenvalue weighted by molar-refractivity contribution is 7.91. The first kappa shape index (κ1) is 20.5. The number of sulfone groups is 1. The molecule has 9 heteroatoms. The lowest BCUT2D eigenvalue weighted by atomic mass is 10.1. The van der Waals surface area contributed by atoms with Crippen LogP contribution in [0.4, 0.5) is 11.5 Å². The molecule has 0 aliphatic heterocycles. The van der Waals surface area contributed by atoms with Crippen molar-refractivity contribution >= 4 is 27.2 Å². The number of para-hydroxylation sites is 1. The van der Waals surface area contributed by atoms with Crippen LogP contribution in [0.3, 0.4) is 0 Å². The number of nitrogen functional groups attached to an aromatic ring is 1. The molecule has 0 radical (unpaired) electrons. The van der Waals surface area contributed by atoms with Crippen molar-refractivity contribution in [3.63, 3.8) is 0 Å². The number of rotatable bonds is 5. The Balaban J connectivity index is 1.85. The Morgan fingerprint density at radius 1 is 1.03 bits per heavy atom. The van der Waals surface area contributed by atoms with Crippen molar-refractivity contribution in [1.29, 1.82) is 0 Å². The van der Waals surface area contributed by atoms with E-state index in [0.29, 0.717) is 5.69 Å². The van der Waals surface area contributed by atoms with Crippen molar-refractivity contribution in [1.82, 2.24) is 15.0 Å². The van der Waals surface area contributed by atoms with Crippen LogP contribution < -0.4 is 11.1 Å². The summed E-state index contributed by atoms with van der Waals surface area (Å²) in [5.74, 6) is -0.561. The van der Waals surface area contributed by atoms with Gasteiger partial charge in [0.1, 0.15) is 6.54 Å². The Hall–Kier alpha value is -3.20. The maximum atomic E-state index is 12.9. The molecule has 152 valence electrons. The lowest BCUT2D eigenvalue weighted by Gasteiger charge is -2.11. The normalized spacial score (nSPS) is 11.4. The Kier molecular flexibility index (Phi) is 5.43. The molecule has 0 saturated carbocycles. The number of anilines is 2. The minimum Gasteiger partial charge on any atom is -0.381 e. The minimum absolute atomic E-state index is 0.0827. The number of nitrogens with two attached hydrogens (primary N) is 1. The van der Waals surface area contributed by atoms with Crippen molar-refractivity contribution in [2.45, 2.75) is 44.2 Å². The number of carbonyl (C=O) groups excluding carboxylic acids is 1. The first-order valence-electron chi connectivity index (χ1n) is 8.98. The maximum Gasteiger partial charge on any atom is 0.246 e. The van der Waals surface area contributed by atoms with Gasteiger partial charge < -0.3 is 11.1 Å². The molecule has 0 bridgehead atoms. The maximum absolute atomic E-state index is 12.9. The zero-order valence-electron chi connectivity index (χ0n) is 16.7. The van der Waals surface area contributed by atoms with Crippen LogP contribution in [-0.2, 0) is 21.2 Å². The van der Waals surface area contributed by atoms with Gasteiger partial charge in [0.15, 0.2) is 5.82 Å². The number of nitrogens with one attached hydrogen (secondary N) is 1. The molecule has 0 spiro atoms. The zero-order chi connectivity index (χ0) is 21.3. The Labute approximate surface area is 169 Å². The lowest BCUT2D eigenvalue weighted by molar-refractivity contribution is -0.116. The van der Waals surface area contributed by atoms with Gasteiger partial charge >= 0.3 is 0 Å². The number of nitrogens with zero attached hydrogens (tertiary/aromatic N) is 3. The highest BCUT2D eigenvalue weighted by atomic mass is 32.2. The number of hydrogen-bond donors (Lipinski definition) is 2. The van der Waals surface area contributed by atoms with E-state index in [0.717, 1.165) is 26.9 Å². The van der Waals surface area contributed by atoms with Crippen LogP contribution in [0, 0.1) is 27.7 Å². The molecule has 0 aliphatic rings.